The molecule has 5 heteroatoms. The number of pyridine rings is 1. The number of benzene rings is 1. The molecular formula is C12H9N5. The molecule has 0 aliphatic carbocycles. The van der Waals surface area contributed by atoms with Crippen LogP contribution in [-0.2, 0) is 0 Å². The second-order valence-electron chi connectivity index (χ2n) is 3.98. The Labute approximate surface area is 95.9 Å². The number of H-pyrrole nitrogens is 1. The number of hydrogen-bond acceptors (Lipinski definition) is 3. The summed E-state index contributed by atoms with van der Waals surface area (Å²) < 4.78 is 1.93. The molecule has 0 aliphatic heterocycles. The van der Waals surface area contributed by atoms with Crippen molar-refractivity contribution in [1.82, 2.24) is 19.6 Å². The Morgan fingerprint density at radius 3 is 2.94 bits per heavy atom. The average Bonchev–Trinajstić information content (AvgIpc) is 2.89. The molecular weight excluding hydrogens is 214 g/mol. The molecule has 4 aromatic rings. The summed E-state index contributed by atoms with van der Waals surface area (Å²) in [7, 11) is 0. The Balaban J connectivity index is 2.43. The van der Waals surface area contributed by atoms with Crippen molar-refractivity contribution >= 4 is 33.4 Å². The quantitative estimate of drug-likeness (QED) is 0.478. The van der Waals surface area contributed by atoms with Gasteiger partial charge < -0.3 is 5.73 Å². The molecule has 3 aromatic heterocycles. The lowest BCUT2D eigenvalue weighted by Gasteiger charge is -2.01. The van der Waals surface area contributed by atoms with E-state index in [0.29, 0.717) is 5.82 Å². The largest absolute Gasteiger partial charge is 0.382 e. The van der Waals surface area contributed by atoms with Crippen molar-refractivity contribution in [2.75, 3.05) is 5.73 Å². The van der Waals surface area contributed by atoms with E-state index in [-0.39, 0.29) is 0 Å². The van der Waals surface area contributed by atoms with Crippen LogP contribution in [0.15, 0.2) is 36.5 Å². The summed E-state index contributed by atoms with van der Waals surface area (Å²) in [6.45, 7) is 0. The molecule has 0 amide bonds. The summed E-state index contributed by atoms with van der Waals surface area (Å²) in [4.78, 5) is 8.84. The number of imidazole rings is 1. The van der Waals surface area contributed by atoms with E-state index in [1.165, 1.54) is 0 Å². The standard InChI is InChI=1S/C12H9N5/c13-12-10-11(17-9(16-10)5-6-14-17)7-3-1-2-4-8(7)15-12/h1-6,14H,(H2,13,15). The summed E-state index contributed by atoms with van der Waals surface area (Å²) in [6.07, 6.45) is 1.85. The van der Waals surface area contributed by atoms with Crippen LogP contribution in [0.25, 0.3) is 27.6 Å². The molecule has 0 fully saturated rings. The van der Waals surface area contributed by atoms with Crippen molar-refractivity contribution in [1.29, 1.82) is 0 Å². The van der Waals surface area contributed by atoms with E-state index in [9.17, 15) is 0 Å². The Kier molecular flexibility index (Phi) is 1.39. The van der Waals surface area contributed by atoms with E-state index in [0.717, 1.165) is 27.6 Å². The van der Waals surface area contributed by atoms with E-state index >= 15 is 0 Å². The van der Waals surface area contributed by atoms with Crippen LogP contribution in [0.3, 0.4) is 0 Å². The van der Waals surface area contributed by atoms with Gasteiger partial charge in [-0.15, -0.1) is 0 Å². The SMILES string of the molecule is Nc1nc2ccccc2c2c1nc1cc[nH]n12. The maximum absolute atomic E-state index is 5.94. The molecule has 3 heterocycles. The highest BCUT2D eigenvalue weighted by molar-refractivity contribution is 6.07. The van der Waals surface area contributed by atoms with Gasteiger partial charge in [0.05, 0.1) is 5.52 Å². The predicted molar refractivity (Wildman–Crippen MR) is 66.8 cm³/mol. The van der Waals surface area contributed by atoms with Gasteiger partial charge in [0.25, 0.3) is 0 Å². The van der Waals surface area contributed by atoms with Gasteiger partial charge >= 0.3 is 0 Å². The minimum Gasteiger partial charge on any atom is -0.382 e. The third-order valence-corrected chi connectivity index (χ3v) is 2.98. The molecule has 5 nitrogen and oxygen atoms in total. The third kappa shape index (κ3) is 0.977. The van der Waals surface area contributed by atoms with Crippen molar-refractivity contribution in [2.45, 2.75) is 0 Å². The molecule has 0 bridgehead atoms. The molecule has 0 unspecified atom stereocenters. The van der Waals surface area contributed by atoms with Crippen LogP contribution in [0.1, 0.15) is 0 Å². The first-order valence-corrected chi connectivity index (χ1v) is 5.34. The normalized spacial score (nSPS) is 11.8. The van der Waals surface area contributed by atoms with E-state index in [1.54, 1.807) is 0 Å². The Bertz CT molecular complexity index is 855. The molecule has 1 aromatic carbocycles. The number of nitrogens with two attached hydrogens (primary N) is 1. The molecule has 0 atom stereocenters. The number of rotatable bonds is 0. The van der Waals surface area contributed by atoms with Crippen LogP contribution in [0.5, 0.6) is 0 Å². The number of aromatic amines is 1. The number of fused-ring (bicyclic) bond motifs is 5. The smallest absolute Gasteiger partial charge is 0.154 e. The van der Waals surface area contributed by atoms with Gasteiger partial charge in [-0.25, -0.2) is 14.5 Å². The van der Waals surface area contributed by atoms with Crippen LogP contribution >= 0.6 is 0 Å². The molecule has 0 spiro atoms. The number of nitrogens with one attached hydrogen (secondary N) is 1. The molecule has 17 heavy (non-hydrogen) atoms. The number of para-hydroxylation sites is 1. The number of anilines is 1. The Morgan fingerprint density at radius 2 is 2.00 bits per heavy atom. The highest BCUT2D eigenvalue weighted by Gasteiger charge is 2.12. The molecule has 0 saturated carbocycles. The van der Waals surface area contributed by atoms with E-state index in [1.807, 2.05) is 41.0 Å². The lowest BCUT2D eigenvalue weighted by Crippen LogP contribution is -1.94. The van der Waals surface area contributed by atoms with E-state index in [2.05, 4.69) is 15.1 Å². The highest BCUT2D eigenvalue weighted by Crippen LogP contribution is 2.27. The fraction of sp³-hybridized carbons (Fsp3) is 0. The maximum atomic E-state index is 5.94. The zero-order valence-corrected chi connectivity index (χ0v) is 8.88. The summed E-state index contributed by atoms with van der Waals surface area (Å²) >= 11 is 0. The lowest BCUT2D eigenvalue weighted by atomic mass is 10.2. The average molecular weight is 223 g/mol. The summed E-state index contributed by atoms with van der Waals surface area (Å²) in [6, 6.07) is 9.83. The van der Waals surface area contributed by atoms with Crippen LogP contribution in [0, 0.1) is 0 Å². The van der Waals surface area contributed by atoms with Gasteiger partial charge in [0, 0.05) is 17.6 Å². The van der Waals surface area contributed by atoms with Crippen molar-refractivity contribution in [2.24, 2.45) is 0 Å². The molecule has 3 N–H and O–H groups in total. The topological polar surface area (TPSA) is 72.0 Å². The van der Waals surface area contributed by atoms with Gasteiger partial charge in [0.1, 0.15) is 11.0 Å². The van der Waals surface area contributed by atoms with E-state index < -0.39 is 0 Å². The zero-order chi connectivity index (χ0) is 11.4. The summed E-state index contributed by atoms with van der Waals surface area (Å²) in [5.41, 5.74) is 9.41. The zero-order valence-electron chi connectivity index (χ0n) is 8.88. The van der Waals surface area contributed by atoms with Gasteiger partial charge in [-0.1, -0.05) is 18.2 Å². The van der Waals surface area contributed by atoms with Crippen LogP contribution in [0.4, 0.5) is 5.82 Å². The second kappa shape index (κ2) is 2.76. The third-order valence-electron chi connectivity index (χ3n) is 2.98. The van der Waals surface area contributed by atoms with Gasteiger partial charge in [-0.2, -0.15) is 0 Å². The minimum absolute atomic E-state index is 0.468. The Hall–Kier alpha value is -2.56. The lowest BCUT2D eigenvalue weighted by molar-refractivity contribution is 1.01. The van der Waals surface area contributed by atoms with Crippen molar-refractivity contribution in [3.8, 4) is 0 Å². The molecule has 0 aliphatic rings. The Morgan fingerprint density at radius 1 is 1.12 bits per heavy atom. The first kappa shape index (κ1) is 8.58. The summed E-state index contributed by atoms with van der Waals surface area (Å²) in [5, 5.41) is 4.18. The predicted octanol–water partition coefficient (Wildman–Crippen LogP) is 1.95. The number of nitrogen functional groups attached to an aromatic ring is 1. The molecule has 0 radical (unpaired) electrons. The minimum atomic E-state index is 0.468. The second-order valence-corrected chi connectivity index (χ2v) is 3.98. The molecule has 4 rings (SSSR count). The summed E-state index contributed by atoms with van der Waals surface area (Å²) in [5.74, 6) is 0.468. The van der Waals surface area contributed by atoms with Crippen molar-refractivity contribution in [3.05, 3.63) is 36.5 Å². The monoisotopic (exact) mass is 223 g/mol. The fourth-order valence-corrected chi connectivity index (χ4v) is 2.25. The van der Waals surface area contributed by atoms with Gasteiger partial charge in [-0.05, 0) is 6.07 Å². The van der Waals surface area contributed by atoms with Crippen LogP contribution in [-0.4, -0.2) is 19.6 Å². The first-order chi connectivity index (χ1) is 8.34. The van der Waals surface area contributed by atoms with Gasteiger partial charge in [0.2, 0.25) is 0 Å². The number of hydrogen-bond donors (Lipinski definition) is 2. The van der Waals surface area contributed by atoms with Crippen molar-refractivity contribution < 1.29 is 0 Å². The van der Waals surface area contributed by atoms with Gasteiger partial charge in [0.15, 0.2) is 11.5 Å². The molecule has 82 valence electrons. The number of aromatic nitrogens is 4. The van der Waals surface area contributed by atoms with Crippen LogP contribution in [0.2, 0.25) is 0 Å². The highest BCUT2D eigenvalue weighted by atomic mass is 15.3. The first-order valence-electron chi connectivity index (χ1n) is 5.34. The van der Waals surface area contributed by atoms with Crippen molar-refractivity contribution in [3.63, 3.8) is 0 Å². The van der Waals surface area contributed by atoms with Gasteiger partial charge in [-0.3, -0.25) is 5.10 Å². The fourth-order valence-electron chi connectivity index (χ4n) is 2.25. The van der Waals surface area contributed by atoms with Crippen LogP contribution < -0.4 is 5.73 Å². The maximum Gasteiger partial charge on any atom is 0.154 e. The number of nitrogens with zero attached hydrogens (tertiary/aromatic N) is 3. The van der Waals surface area contributed by atoms with E-state index in [4.69, 9.17) is 5.73 Å². The molecule has 0 saturated heterocycles.